The summed E-state index contributed by atoms with van der Waals surface area (Å²) in [6.45, 7) is 1.78. The number of amides is 1. The van der Waals surface area contributed by atoms with Crippen molar-refractivity contribution < 1.29 is 4.79 Å². The summed E-state index contributed by atoms with van der Waals surface area (Å²) in [5.74, 6) is -0.0930. The fourth-order valence-electron chi connectivity index (χ4n) is 3.75. The number of fused-ring (bicyclic) bond motifs is 2. The molecule has 1 N–H and O–H groups in total. The number of anilines is 2. The van der Waals surface area contributed by atoms with E-state index in [9.17, 15) is 4.79 Å². The van der Waals surface area contributed by atoms with E-state index < -0.39 is 0 Å². The topological polar surface area (TPSA) is 45.2 Å². The Kier molecular flexibility index (Phi) is 4.29. The van der Waals surface area contributed by atoms with Gasteiger partial charge in [0.25, 0.3) is 5.91 Å². The minimum absolute atomic E-state index is 0.0930. The molecule has 0 bridgehead atoms. The molecule has 0 saturated heterocycles. The van der Waals surface area contributed by atoms with Crippen molar-refractivity contribution in [3.8, 4) is 0 Å². The zero-order valence-electron chi connectivity index (χ0n) is 15.3. The second-order valence-corrected chi connectivity index (χ2v) is 7.83. The number of rotatable bonds is 4. The van der Waals surface area contributed by atoms with Gasteiger partial charge in [0, 0.05) is 30.0 Å². The predicted octanol–water partition coefficient (Wildman–Crippen LogP) is 5.11. The molecule has 0 aliphatic carbocycles. The summed E-state index contributed by atoms with van der Waals surface area (Å²) in [4.78, 5) is 19.5. The molecule has 2 heterocycles. The molecule has 0 fully saturated rings. The molecule has 5 heteroatoms. The number of hydrogen-bond donors (Lipinski definition) is 1. The molecule has 0 unspecified atom stereocenters. The Bertz CT molecular complexity index is 1170. The van der Waals surface area contributed by atoms with Gasteiger partial charge in [0.2, 0.25) is 0 Å². The van der Waals surface area contributed by atoms with E-state index in [0.29, 0.717) is 5.56 Å². The molecule has 28 heavy (non-hydrogen) atoms. The van der Waals surface area contributed by atoms with Crippen molar-refractivity contribution >= 4 is 38.8 Å². The minimum atomic E-state index is -0.0930. The van der Waals surface area contributed by atoms with Crippen LogP contribution in [0, 0.1) is 0 Å². The summed E-state index contributed by atoms with van der Waals surface area (Å²) in [5.41, 5.74) is 8.04. The molecular formula is C23H19N3OS. The predicted molar refractivity (Wildman–Crippen MR) is 115 cm³/mol. The van der Waals surface area contributed by atoms with Crippen molar-refractivity contribution in [2.24, 2.45) is 0 Å². The lowest BCUT2D eigenvalue weighted by Crippen LogP contribution is -2.21. The molecule has 0 spiro atoms. The van der Waals surface area contributed by atoms with Crippen LogP contribution in [0.15, 0.2) is 72.2 Å². The number of nitrogens with zero attached hydrogens (tertiary/aromatic N) is 2. The van der Waals surface area contributed by atoms with Gasteiger partial charge in [-0.1, -0.05) is 36.4 Å². The highest BCUT2D eigenvalue weighted by Crippen LogP contribution is 2.30. The summed E-state index contributed by atoms with van der Waals surface area (Å²) < 4.78 is 1.02. The highest BCUT2D eigenvalue weighted by atomic mass is 32.1. The molecule has 0 radical (unpaired) electrons. The number of carbonyl (C=O) groups is 1. The maximum atomic E-state index is 12.8. The van der Waals surface area contributed by atoms with Crippen LogP contribution in [0.2, 0.25) is 0 Å². The third kappa shape index (κ3) is 3.14. The van der Waals surface area contributed by atoms with Crippen molar-refractivity contribution in [2.45, 2.75) is 13.0 Å². The molecule has 0 saturated carbocycles. The Morgan fingerprint density at radius 3 is 2.89 bits per heavy atom. The van der Waals surface area contributed by atoms with E-state index >= 15 is 0 Å². The van der Waals surface area contributed by atoms with E-state index in [-0.39, 0.29) is 5.91 Å². The van der Waals surface area contributed by atoms with Crippen molar-refractivity contribution in [1.29, 1.82) is 0 Å². The van der Waals surface area contributed by atoms with Gasteiger partial charge < -0.3 is 10.2 Å². The number of thiazole rings is 1. The number of nitrogens with one attached hydrogen (secondary N) is 1. The van der Waals surface area contributed by atoms with E-state index in [2.05, 4.69) is 45.5 Å². The van der Waals surface area contributed by atoms with Gasteiger partial charge in [-0.3, -0.25) is 4.79 Å². The Balaban J connectivity index is 1.38. The summed E-state index contributed by atoms with van der Waals surface area (Å²) in [6.07, 6.45) is 1.07. The highest BCUT2D eigenvalue weighted by molar-refractivity contribution is 7.16. The zero-order valence-corrected chi connectivity index (χ0v) is 16.1. The molecule has 4 nitrogen and oxygen atoms in total. The molecule has 3 aromatic carbocycles. The molecule has 1 aliphatic heterocycles. The van der Waals surface area contributed by atoms with Crippen LogP contribution in [0.25, 0.3) is 10.2 Å². The fraction of sp³-hybridized carbons (Fsp3) is 0.130. The van der Waals surface area contributed by atoms with Crippen molar-refractivity contribution in [3.05, 3.63) is 88.9 Å². The van der Waals surface area contributed by atoms with Gasteiger partial charge in [0.1, 0.15) is 0 Å². The first kappa shape index (κ1) is 17.0. The van der Waals surface area contributed by atoms with Crippen LogP contribution in [-0.4, -0.2) is 17.4 Å². The average Bonchev–Trinajstić information content (AvgIpc) is 3.36. The van der Waals surface area contributed by atoms with Crippen molar-refractivity contribution in [2.75, 3.05) is 16.8 Å². The first-order valence-electron chi connectivity index (χ1n) is 9.33. The zero-order chi connectivity index (χ0) is 18.9. The van der Waals surface area contributed by atoms with Gasteiger partial charge >= 0.3 is 0 Å². The lowest BCUT2D eigenvalue weighted by Gasteiger charge is -2.21. The van der Waals surface area contributed by atoms with Crippen LogP contribution in [0.1, 0.15) is 21.5 Å². The number of carbonyl (C=O) groups excluding carboxylic acids is 1. The third-order valence-corrected chi connectivity index (χ3v) is 6.00. The molecule has 138 valence electrons. The van der Waals surface area contributed by atoms with Gasteiger partial charge in [-0.2, -0.15) is 0 Å². The minimum Gasteiger partial charge on any atom is -0.367 e. The summed E-state index contributed by atoms with van der Waals surface area (Å²) in [5, 5.41) is 3.10. The number of para-hydroxylation sites is 2. The van der Waals surface area contributed by atoms with Crippen LogP contribution >= 0.6 is 11.3 Å². The quantitative estimate of drug-likeness (QED) is 0.531. The lowest BCUT2D eigenvalue weighted by atomic mass is 10.1. The second-order valence-electron chi connectivity index (χ2n) is 6.95. The van der Waals surface area contributed by atoms with Crippen LogP contribution in [-0.2, 0) is 13.0 Å². The Morgan fingerprint density at radius 2 is 1.93 bits per heavy atom. The molecule has 1 amide bonds. The van der Waals surface area contributed by atoms with Crippen LogP contribution < -0.4 is 10.2 Å². The van der Waals surface area contributed by atoms with E-state index in [1.165, 1.54) is 11.3 Å². The normalized spacial score (nSPS) is 12.9. The van der Waals surface area contributed by atoms with Gasteiger partial charge in [-0.25, -0.2) is 4.98 Å². The van der Waals surface area contributed by atoms with E-state index in [1.54, 1.807) is 16.8 Å². The standard InChI is InChI=1S/C23H19N3OS/c27-23(17-9-10-20-22(13-17)28-15-24-20)25-19-7-3-1-6-18(19)14-26-12-11-16-5-2-4-8-21(16)26/h1-10,13,15H,11-12,14H2,(H,25,27). The molecule has 4 aromatic rings. The summed E-state index contributed by atoms with van der Waals surface area (Å²) >= 11 is 1.55. The Labute approximate surface area is 167 Å². The first-order chi connectivity index (χ1) is 13.8. The maximum absolute atomic E-state index is 12.8. The fourth-order valence-corrected chi connectivity index (χ4v) is 4.46. The molecule has 1 aromatic heterocycles. The van der Waals surface area contributed by atoms with E-state index in [4.69, 9.17) is 0 Å². The first-order valence-corrected chi connectivity index (χ1v) is 10.2. The van der Waals surface area contributed by atoms with Gasteiger partial charge in [0.05, 0.1) is 15.7 Å². The van der Waals surface area contributed by atoms with E-state index in [1.807, 2.05) is 36.4 Å². The summed E-state index contributed by atoms with van der Waals surface area (Å²) in [7, 11) is 0. The summed E-state index contributed by atoms with van der Waals surface area (Å²) in [6, 6.07) is 22.2. The monoisotopic (exact) mass is 385 g/mol. The van der Waals surface area contributed by atoms with Crippen molar-refractivity contribution in [1.82, 2.24) is 4.98 Å². The van der Waals surface area contributed by atoms with Crippen LogP contribution in [0.4, 0.5) is 11.4 Å². The van der Waals surface area contributed by atoms with Gasteiger partial charge in [-0.05, 0) is 47.9 Å². The second kappa shape index (κ2) is 7.09. The van der Waals surface area contributed by atoms with Crippen LogP contribution in [0.3, 0.4) is 0 Å². The highest BCUT2D eigenvalue weighted by Gasteiger charge is 2.19. The Morgan fingerprint density at radius 1 is 1.07 bits per heavy atom. The molecule has 0 atom stereocenters. The molecule has 5 rings (SSSR count). The van der Waals surface area contributed by atoms with Gasteiger partial charge in [0.15, 0.2) is 0 Å². The number of hydrogen-bond acceptors (Lipinski definition) is 4. The SMILES string of the molecule is O=C(Nc1ccccc1CN1CCc2ccccc21)c1ccc2ncsc2c1. The average molecular weight is 385 g/mol. The number of benzene rings is 3. The largest absolute Gasteiger partial charge is 0.367 e. The third-order valence-electron chi connectivity index (χ3n) is 5.20. The van der Waals surface area contributed by atoms with Crippen molar-refractivity contribution in [3.63, 3.8) is 0 Å². The molecule has 1 aliphatic rings. The lowest BCUT2D eigenvalue weighted by molar-refractivity contribution is 0.102. The smallest absolute Gasteiger partial charge is 0.255 e. The molecular weight excluding hydrogens is 366 g/mol. The Hall–Kier alpha value is -3.18. The van der Waals surface area contributed by atoms with Gasteiger partial charge in [-0.15, -0.1) is 11.3 Å². The maximum Gasteiger partial charge on any atom is 0.255 e. The number of aromatic nitrogens is 1. The van der Waals surface area contributed by atoms with Crippen LogP contribution in [0.5, 0.6) is 0 Å². The van der Waals surface area contributed by atoms with E-state index in [0.717, 1.165) is 41.0 Å².